The lowest BCUT2D eigenvalue weighted by atomic mass is 10.1. The summed E-state index contributed by atoms with van der Waals surface area (Å²) >= 11 is 0. The van der Waals surface area contributed by atoms with Gasteiger partial charge in [-0.05, 0) is 37.1 Å². The molecule has 5 nitrogen and oxygen atoms in total. The summed E-state index contributed by atoms with van der Waals surface area (Å²) in [5.41, 5.74) is 8.01. The van der Waals surface area contributed by atoms with Crippen LogP contribution in [0.5, 0.6) is 5.75 Å². The van der Waals surface area contributed by atoms with Crippen molar-refractivity contribution in [3.63, 3.8) is 0 Å². The van der Waals surface area contributed by atoms with Gasteiger partial charge in [-0.25, -0.2) is 0 Å². The Morgan fingerprint density at radius 2 is 1.90 bits per heavy atom. The zero-order chi connectivity index (χ0) is 15.1. The lowest BCUT2D eigenvalue weighted by Crippen LogP contribution is -2.45. The van der Waals surface area contributed by atoms with Crippen LogP contribution in [0.25, 0.3) is 0 Å². The first-order chi connectivity index (χ1) is 9.43. The number of hydrogen-bond donors (Lipinski definition) is 1. The van der Waals surface area contributed by atoms with E-state index in [1.165, 1.54) is 7.11 Å². The number of ether oxygens (including phenoxy) is 2. The highest BCUT2D eigenvalue weighted by Gasteiger charge is 2.17. The highest BCUT2D eigenvalue weighted by Crippen LogP contribution is 2.15. The van der Waals surface area contributed by atoms with Gasteiger partial charge in [-0.1, -0.05) is 6.07 Å². The zero-order valence-corrected chi connectivity index (χ0v) is 12.7. The molecule has 0 bridgehead atoms. The number of nitrogens with zero attached hydrogens (tertiary/aromatic N) is 1. The molecule has 0 spiro atoms. The van der Waals surface area contributed by atoms with E-state index in [9.17, 15) is 4.79 Å². The molecular weight excluding hydrogens is 256 g/mol. The molecule has 5 heteroatoms. The number of methoxy groups -OCH3 is 1. The Kier molecular flexibility index (Phi) is 6.48. The fourth-order valence-electron chi connectivity index (χ4n) is 1.96. The number of benzene rings is 1. The van der Waals surface area contributed by atoms with Crippen LogP contribution in [0.15, 0.2) is 18.2 Å². The minimum atomic E-state index is -0.619. The number of rotatable bonds is 7. The molecule has 20 heavy (non-hydrogen) atoms. The van der Waals surface area contributed by atoms with Gasteiger partial charge in [0, 0.05) is 14.2 Å². The summed E-state index contributed by atoms with van der Waals surface area (Å²) in [6, 6.07) is 5.43. The molecule has 0 saturated heterocycles. The SMILES string of the molecule is COCC(N)C(=O)N(C)CCOc1cc(C)cc(C)c1. The average molecular weight is 280 g/mol. The van der Waals surface area contributed by atoms with Gasteiger partial charge in [0.05, 0.1) is 13.2 Å². The van der Waals surface area contributed by atoms with Gasteiger partial charge < -0.3 is 20.1 Å². The molecule has 2 N–H and O–H groups in total. The largest absolute Gasteiger partial charge is 0.492 e. The molecule has 0 radical (unpaired) electrons. The molecule has 1 unspecified atom stereocenters. The summed E-state index contributed by atoms with van der Waals surface area (Å²) in [6.45, 7) is 5.20. The van der Waals surface area contributed by atoms with Crippen LogP contribution in [-0.4, -0.2) is 50.8 Å². The predicted molar refractivity (Wildman–Crippen MR) is 78.9 cm³/mol. The first-order valence-electron chi connectivity index (χ1n) is 6.64. The summed E-state index contributed by atoms with van der Waals surface area (Å²) in [5.74, 6) is 0.681. The lowest BCUT2D eigenvalue weighted by Gasteiger charge is -2.21. The fourth-order valence-corrected chi connectivity index (χ4v) is 1.96. The van der Waals surface area contributed by atoms with Crippen molar-refractivity contribution in [3.8, 4) is 5.75 Å². The molecule has 0 aliphatic heterocycles. The highest BCUT2D eigenvalue weighted by molar-refractivity contribution is 5.81. The van der Waals surface area contributed by atoms with Gasteiger partial charge in [-0.2, -0.15) is 0 Å². The van der Waals surface area contributed by atoms with Crippen molar-refractivity contribution >= 4 is 5.91 Å². The minimum absolute atomic E-state index is 0.143. The lowest BCUT2D eigenvalue weighted by molar-refractivity contribution is -0.132. The van der Waals surface area contributed by atoms with Crippen molar-refractivity contribution in [2.45, 2.75) is 19.9 Å². The quantitative estimate of drug-likeness (QED) is 0.812. The molecule has 1 rings (SSSR count). The fraction of sp³-hybridized carbons (Fsp3) is 0.533. The number of hydrogen-bond acceptors (Lipinski definition) is 4. The van der Waals surface area contributed by atoms with Crippen LogP contribution in [0, 0.1) is 13.8 Å². The van der Waals surface area contributed by atoms with Gasteiger partial charge in [-0.15, -0.1) is 0 Å². The summed E-state index contributed by atoms with van der Waals surface area (Å²) < 4.78 is 10.5. The Morgan fingerprint density at radius 3 is 2.45 bits per heavy atom. The van der Waals surface area contributed by atoms with Gasteiger partial charge in [0.1, 0.15) is 18.4 Å². The van der Waals surface area contributed by atoms with Gasteiger partial charge >= 0.3 is 0 Å². The normalized spacial score (nSPS) is 12.1. The van der Waals surface area contributed by atoms with Crippen LogP contribution in [0.1, 0.15) is 11.1 Å². The molecule has 0 fully saturated rings. The highest BCUT2D eigenvalue weighted by atomic mass is 16.5. The Bertz CT molecular complexity index is 428. The van der Waals surface area contributed by atoms with Crippen molar-refractivity contribution < 1.29 is 14.3 Å². The van der Waals surface area contributed by atoms with Crippen LogP contribution in [0.3, 0.4) is 0 Å². The van der Waals surface area contributed by atoms with Crippen LogP contribution < -0.4 is 10.5 Å². The van der Waals surface area contributed by atoms with Crippen molar-refractivity contribution in [3.05, 3.63) is 29.3 Å². The van der Waals surface area contributed by atoms with E-state index in [4.69, 9.17) is 15.2 Å². The smallest absolute Gasteiger partial charge is 0.241 e. The molecule has 0 aliphatic rings. The third-order valence-electron chi connectivity index (χ3n) is 2.93. The number of amides is 1. The number of nitrogens with two attached hydrogens (primary N) is 1. The zero-order valence-electron chi connectivity index (χ0n) is 12.7. The third kappa shape index (κ3) is 5.19. The first-order valence-corrected chi connectivity index (χ1v) is 6.64. The van der Waals surface area contributed by atoms with Crippen LogP contribution in [-0.2, 0) is 9.53 Å². The Hall–Kier alpha value is -1.59. The van der Waals surface area contributed by atoms with Gasteiger partial charge in [0.2, 0.25) is 5.91 Å². The molecule has 1 aromatic carbocycles. The molecule has 1 amide bonds. The molecular formula is C15H24N2O3. The molecule has 0 saturated carbocycles. The summed E-state index contributed by atoms with van der Waals surface area (Å²) in [5, 5.41) is 0. The first kappa shape index (κ1) is 16.5. The van der Waals surface area contributed by atoms with Crippen LogP contribution in [0.2, 0.25) is 0 Å². The summed E-state index contributed by atoms with van der Waals surface area (Å²) in [7, 11) is 3.24. The number of likely N-dealkylation sites (N-methyl/N-ethyl adjacent to an activating group) is 1. The Labute approximate surface area is 120 Å². The van der Waals surface area contributed by atoms with Crippen molar-refractivity contribution in [2.75, 3.05) is 33.9 Å². The molecule has 1 aromatic rings. The monoisotopic (exact) mass is 280 g/mol. The molecule has 112 valence electrons. The summed E-state index contributed by atoms with van der Waals surface area (Å²) in [4.78, 5) is 13.4. The maximum atomic E-state index is 11.8. The Morgan fingerprint density at radius 1 is 1.30 bits per heavy atom. The topological polar surface area (TPSA) is 64.8 Å². The van der Waals surface area contributed by atoms with E-state index in [1.54, 1.807) is 11.9 Å². The molecule has 1 atom stereocenters. The van der Waals surface area contributed by atoms with Gasteiger partial charge in [0.25, 0.3) is 0 Å². The number of aryl methyl sites for hydroxylation is 2. The van der Waals surface area contributed by atoms with Crippen molar-refractivity contribution in [1.82, 2.24) is 4.90 Å². The van der Waals surface area contributed by atoms with E-state index in [-0.39, 0.29) is 12.5 Å². The van der Waals surface area contributed by atoms with E-state index < -0.39 is 6.04 Å². The average Bonchev–Trinajstić information content (AvgIpc) is 2.36. The second-order valence-corrected chi connectivity index (χ2v) is 4.99. The number of carbonyl (C=O) groups is 1. The maximum absolute atomic E-state index is 11.8. The van der Waals surface area contributed by atoms with Crippen molar-refractivity contribution in [1.29, 1.82) is 0 Å². The number of carbonyl (C=O) groups excluding carboxylic acids is 1. The van der Waals surface area contributed by atoms with Crippen LogP contribution >= 0.6 is 0 Å². The maximum Gasteiger partial charge on any atom is 0.241 e. The van der Waals surface area contributed by atoms with E-state index in [1.807, 2.05) is 26.0 Å². The molecule has 0 aliphatic carbocycles. The minimum Gasteiger partial charge on any atom is -0.492 e. The van der Waals surface area contributed by atoms with Gasteiger partial charge in [0.15, 0.2) is 0 Å². The van der Waals surface area contributed by atoms with Crippen molar-refractivity contribution in [2.24, 2.45) is 5.73 Å². The third-order valence-corrected chi connectivity index (χ3v) is 2.93. The van der Waals surface area contributed by atoms with Crippen LogP contribution in [0.4, 0.5) is 0 Å². The Balaban J connectivity index is 2.41. The van der Waals surface area contributed by atoms with E-state index in [0.29, 0.717) is 13.2 Å². The second kappa shape index (κ2) is 7.87. The van der Waals surface area contributed by atoms with E-state index in [0.717, 1.165) is 16.9 Å². The van der Waals surface area contributed by atoms with E-state index in [2.05, 4.69) is 6.07 Å². The van der Waals surface area contributed by atoms with E-state index >= 15 is 0 Å². The summed E-state index contributed by atoms with van der Waals surface area (Å²) in [6.07, 6.45) is 0. The predicted octanol–water partition coefficient (Wildman–Crippen LogP) is 1.11. The molecule has 0 heterocycles. The standard InChI is InChI=1S/C15H24N2O3/c1-11-7-12(2)9-13(8-11)20-6-5-17(3)15(18)14(16)10-19-4/h7-9,14H,5-6,10,16H2,1-4H3. The second-order valence-electron chi connectivity index (χ2n) is 4.99. The molecule has 0 aromatic heterocycles. The van der Waals surface area contributed by atoms with Gasteiger partial charge in [-0.3, -0.25) is 4.79 Å².